The van der Waals surface area contributed by atoms with Crippen molar-refractivity contribution in [2.75, 3.05) is 0 Å². The quantitative estimate of drug-likeness (QED) is 0.640. The van der Waals surface area contributed by atoms with Gasteiger partial charge in [0, 0.05) is 0 Å². The van der Waals surface area contributed by atoms with Gasteiger partial charge in [-0.2, -0.15) is 0 Å². The third-order valence-corrected chi connectivity index (χ3v) is 4.14. The summed E-state index contributed by atoms with van der Waals surface area (Å²) in [6.45, 7) is 13.3. The van der Waals surface area contributed by atoms with Gasteiger partial charge >= 0.3 is 0 Å². The maximum atomic E-state index is 3.95. The van der Waals surface area contributed by atoms with E-state index >= 15 is 0 Å². The Labute approximate surface area is 112 Å². The van der Waals surface area contributed by atoms with Gasteiger partial charge in [0.2, 0.25) is 0 Å². The summed E-state index contributed by atoms with van der Waals surface area (Å²) in [7, 11) is 0. The van der Waals surface area contributed by atoms with Crippen molar-refractivity contribution in [2.24, 2.45) is 0 Å². The van der Waals surface area contributed by atoms with E-state index in [2.05, 4.69) is 46.4 Å². The summed E-state index contributed by atoms with van der Waals surface area (Å²) in [4.78, 5) is 0. The van der Waals surface area contributed by atoms with Gasteiger partial charge in [0.1, 0.15) is 0 Å². The van der Waals surface area contributed by atoms with E-state index in [9.17, 15) is 0 Å². The maximum absolute atomic E-state index is 3.95. The Balaban J connectivity index is 2.68. The van der Waals surface area contributed by atoms with E-state index in [0.29, 0.717) is 11.8 Å². The molecule has 0 heteroatoms. The molecular formula is C18H26. The molecule has 0 aliphatic heterocycles. The van der Waals surface area contributed by atoms with E-state index in [4.69, 9.17) is 0 Å². The molecular weight excluding hydrogens is 216 g/mol. The van der Waals surface area contributed by atoms with Crippen LogP contribution in [0.1, 0.15) is 73.8 Å². The molecule has 0 heterocycles. The Morgan fingerprint density at radius 3 is 2.44 bits per heavy atom. The van der Waals surface area contributed by atoms with E-state index in [1.807, 2.05) is 0 Å². The number of hydrogen-bond donors (Lipinski definition) is 0. The average molecular weight is 242 g/mol. The van der Waals surface area contributed by atoms with Gasteiger partial charge in [0.05, 0.1) is 0 Å². The summed E-state index contributed by atoms with van der Waals surface area (Å²) in [6, 6.07) is 2.48. The van der Waals surface area contributed by atoms with Crippen LogP contribution in [-0.2, 0) is 19.3 Å². The van der Waals surface area contributed by atoms with Crippen LogP contribution in [0.2, 0.25) is 0 Å². The standard InChI is InChI=1S/C18H26/c1-6-8-16-17(12(2)3)11-14-9-7-10-15(14)18(16)13(4)5/h6,11-13H,1,7-10H2,2-5H3. The zero-order valence-electron chi connectivity index (χ0n) is 12.3. The lowest BCUT2D eigenvalue weighted by Gasteiger charge is -2.23. The van der Waals surface area contributed by atoms with Crippen molar-refractivity contribution in [1.82, 2.24) is 0 Å². The topological polar surface area (TPSA) is 0 Å². The minimum atomic E-state index is 0.614. The molecule has 0 saturated carbocycles. The van der Waals surface area contributed by atoms with Crippen LogP contribution in [0.25, 0.3) is 0 Å². The fraction of sp³-hybridized carbons (Fsp3) is 0.556. The summed E-state index contributed by atoms with van der Waals surface area (Å²) >= 11 is 0. The molecule has 2 rings (SSSR count). The second-order valence-electron chi connectivity index (χ2n) is 6.15. The van der Waals surface area contributed by atoms with Crippen molar-refractivity contribution in [2.45, 2.75) is 65.2 Å². The van der Waals surface area contributed by atoms with Crippen molar-refractivity contribution < 1.29 is 0 Å². The van der Waals surface area contributed by atoms with Crippen LogP contribution in [0, 0.1) is 0 Å². The van der Waals surface area contributed by atoms with Gasteiger partial charge in [-0.1, -0.05) is 39.8 Å². The molecule has 0 N–H and O–H groups in total. The zero-order valence-corrected chi connectivity index (χ0v) is 12.3. The summed E-state index contributed by atoms with van der Waals surface area (Å²) in [5.74, 6) is 1.24. The molecule has 0 bridgehead atoms. The second-order valence-corrected chi connectivity index (χ2v) is 6.15. The second kappa shape index (κ2) is 5.30. The van der Waals surface area contributed by atoms with Gasteiger partial charge in [0.15, 0.2) is 0 Å². The van der Waals surface area contributed by atoms with E-state index in [1.54, 1.807) is 27.8 Å². The fourth-order valence-electron chi connectivity index (χ4n) is 3.43. The third kappa shape index (κ3) is 2.25. The number of allylic oxidation sites excluding steroid dienone is 1. The number of rotatable bonds is 4. The molecule has 1 aliphatic rings. The monoisotopic (exact) mass is 242 g/mol. The van der Waals surface area contributed by atoms with Crippen molar-refractivity contribution in [3.8, 4) is 0 Å². The largest absolute Gasteiger partial charge is 0.103 e. The first kappa shape index (κ1) is 13.4. The highest BCUT2D eigenvalue weighted by Crippen LogP contribution is 2.37. The lowest BCUT2D eigenvalue weighted by atomic mass is 9.82. The number of benzene rings is 1. The number of fused-ring (bicyclic) bond motifs is 1. The minimum absolute atomic E-state index is 0.614. The van der Waals surface area contributed by atoms with E-state index < -0.39 is 0 Å². The van der Waals surface area contributed by atoms with Crippen LogP contribution in [0.5, 0.6) is 0 Å². The molecule has 0 spiro atoms. The van der Waals surface area contributed by atoms with Crippen molar-refractivity contribution >= 4 is 0 Å². The van der Waals surface area contributed by atoms with Crippen LogP contribution in [0.3, 0.4) is 0 Å². The van der Waals surface area contributed by atoms with Crippen LogP contribution in [0.15, 0.2) is 18.7 Å². The van der Waals surface area contributed by atoms with Crippen LogP contribution in [-0.4, -0.2) is 0 Å². The third-order valence-electron chi connectivity index (χ3n) is 4.14. The van der Waals surface area contributed by atoms with Crippen molar-refractivity contribution in [3.63, 3.8) is 0 Å². The molecule has 0 amide bonds. The van der Waals surface area contributed by atoms with Gasteiger partial charge in [-0.3, -0.25) is 0 Å². The normalized spacial score (nSPS) is 14.3. The van der Waals surface area contributed by atoms with Gasteiger partial charge in [-0.25, -0.2) is 0 Å². The first-order chi connectivity index (χ1) is 8.56. The smallest absolute Gasteiger partial charge is 0.00944 e. The highest BCUT2D eigenvalue weighted by atomic mass is 14.3. The SMILES string of the molecule is C=CCc1c(C(C)C)cc2c(c1C(C)C)CCC2. The first-order valence-corrected chi connectivity index (χ1v) is 7.34. The lowest BCUT2D eigenvalue weighted by molar-refractivity contribution is 0.795. The molecule has 1 aliphatic carbocycles. The average Bonchev–Trinajstić information content (AvgIpc) is 2.75. The molecule has 0 fully saturated rings. The number of hydrogen-bond acceptors (Lipinski definition) is 0. The number of aryl methyl sites for hydroxylation is 1. The van der Waals surface area contributed by atoms with E-state index in [1.165, 1.54) is 19.3 Å². The first-order valence-electron chi connectivity index (χ1n) is 7.34. The molecule has 1 aromatic rings. The molecule has 0 unspecified atom stereocenters. The molecule has 0 saturated heterocycles. The maximum Gasteiger partial charge on any atom is -0.00944 e. The Morgan fingerprint density at radius 2 is 1.89 bits per heavy atom. The Hall–Kier alpha value is -1.04. The molecule has 0 radical (unpaired) electrons. The molecule has 1 aromatic carbocycles. The zero-order chi connectivity index (χ0) is 13.3. The van der Waals surface area contributed by atoms with Gasteiger partial charge in [-0.05, 0) is 65.3 Å². The van der Waals surface area contributed by atoms with Gasteiger partial charge in [0.25, 0.3) is 0 Å². The minimum Gasteiger partial charge on any atom is -0.103 e. The highest BCUT2D eigenvalue weighted by Gasteiger charge is 2.23. The van der Waals surface area contributed by atoms with Gasteiger partial charge in [-0.15, -0.1) is 6.58 Å². The summed E-state index contributed by atoms with van der Waals surface area (Å²) < 4.78 is 0. The van der Waals surface area contributed by atoms with Crippen LogP contribution >= 0.6 is 0 Å². The van der Waals surface area contributed by atoms with Crippen molar-refractivity contribution in [3.05, 3.63) is 46.5 Å². The van der Waals surface area contributed by atoms with E-state index in [0.717, 1.165) is 6.42 Å². The summed E-state index contributed by atoms with van der Waals surface area (Å²) in [6.07, 6.45) is 6.99. The van der Waals surface area contributed by atoms with Gasteiger partial charge < -0.3 is 0 Å². The fourth-order valence-corrected chi connectivity index (χ4v) is 3.43. The Bertz CT molecular complexity index is 450. The van der Waals surface area contributed by atoms with E-state index in [-0.39, 0.29) is 0 Å². The van der Waals surface area contributed by atoms with Crippen LogP contribution in [0.4, 0.5) is 0 Å². The molecule has 98 valence electrons. The molecule has 18 heavy (non-hydrogen) atoms. The highest BCUT2D eigenvalue weighted by molar-refractivity contribution is 5.51. The van der Waals surface area contributed by atoms with Crippen molar-refractivity contribution in [1.29, 1.82) is 0 Å². The summed E-state index contributed by atoms with van der Waals surface area (Å²) in [5.41, 5.74) is 8.03. The predicted octanol–water partition coefficient (Wildman–Crippen LogP) is 5.15. The lowest BCUT2D eigenvalue weighted by Crippen LogP contribution is -2.07. The molecule has 0 aromatic heterocycles. The van der Waals surface area contributed by atoms with Crippen LogP contribution < -0.4 is 0 Å². The predicted molar refractivity (Wildman–Crippen MR) is 80.5 cm³/mol. The molecule has 0 nitrogen and oxygen atoms in total. The summed E-state index contributed by atoms with van der Waals surface area (Å²) in [5, 5.41) is 0. The molecule has 0 atom stereocenters. The Kier molecular flexibility index (Phi) is 3.94. The Morgan fingerprint density at radius 1 is 1.17 bits per heavy atom.